The number of benzene rings is 3. The van der Waals surface area contributed by atoms with Crippen molar-refractivity contribution < 1.29 is 33.6 Å². The molecule has 1 unspecified atom stereocenters. The van der Waals surface area contributed by atoms with Gasteiger partial charge in [0.1, 0.15) is 11.5 Å². The molecule has 0 fully saturated rings. The minimum absolute atomic E-state index is 0.00668. The average molecular weight is 578 g/mol. The molecule has 0 aliphatic rings. The molecule has 0 aliphatic heterocycles. The lowest BCUT2D eigenvalue weighted by Gasteiger charge is -2.23. The summed E-state index contributed by atoms with van der Waals surface area (Å²) in [5.41, 5.74) is 5.54. The van der Waals surface area contributed by atoms with Gasteiger partial charge in [0.2, 0.25) is 0 Å². The quantitative estimate of drug-likeness (QED) is 0.223. The molecule has 0 saturated heterocycles. The molecule has 0 radical (unpaired) electrons. The Morgan fingerprint density at radius 1 is 0.714 bits per heavy atom. The van der Waals surface area contributed by atoms with E-state index in [-0.39, 0.29) is 36.4 Å². The third-order valence-corrected chi connectivity index (χ3v) is 7.00. The van der Waals surface area contributed by atoms with Crippen LogP contribution in [0.15, 0.2) is 42.5 Å². The third-order valence-electron chi connectivity index (χ3n) is 7.00. The number of aliphatic hydroxyl groups excluding tert-OH is 1. The zero-order chi connectivity index (χ0) is 31.2. The van der Waals surface area contributed by atoms with Crippen molar-refractivity contribution in [3.8, 4) is 23.0 Å². The summed E-state index contributed by atoms with van der Waals surface area (Å²) in [5, 5.41) is 14.1. The standard InChI is InChI=1S/C34H43NO7/c1-20-14-29(39-8)22(3)12-25(20)17-32(37)41-28-11-10-24(27(36)19-35-34(5,6)7)16-31(28)42-33(38)18-26-13-23(4)30(40-9)15-21(26)2/h10-16,27,35-36H,17-19H2,1-9H3. The second-order valence-corrected chi connectivity index (χ2v) is 11.7. The molecule has 0 saturated carbocycles. The second-order valence-electron chi connectivity index (χ2n) is 11.7. The monoisotopic (exact) mass is 577 g/mol. The Morgan fingerprint density at radius 2 is 1.19 bits per heavy atom. The topological polar surface area (TPSA) is 103 Å². The van der Waals surface area contributed by atoms with E-state index >= 15 is 0 Å². The molecule has 42 heavy (non-hydrogen) atoms. The Kier molecular flexibility index (Phi) is 10.8. The predicted molar refractivity (Wildman–Crippen MR) is 163 cm³/mol. The molecule has 0 bridgehead atoms. The van der Waals surface area contributed by atoms with Crippen LogP contribution in [-0.4, -0.2) is 43.3 Å². The van der Waals surface area contributed by atoms with Crippen molar-refractivity contribution in [2.75, 3.05) is 20.8 Å². The Labute approximate surface area is 249 Å². The molecule has 0 amide bonds. The lowest BCUT2D eigenvalue weighted by Crippen LogP contribution is -2.38. The van der Waals surface area contributed by atoms with Gasteiger partial charge in [-0.1, -0.05) is 18.2 Å². The Balaban J connectivity index is 1.86. The minimum Gasteiger partial charge on any atom is -0.496 e. The largest absolute Gasteiger partial charge is 0.496 e. The van der Waals surface area contributed by atoms with E-state index in [1.165, 1.54) is 0 Å². The van der Waals surface area contributed by atoms with Gasteiger partial charge in [-0.15, -0.1) is 0 Å². The van der Waals surface area contributed by atoms with Crippen molar-refractivity contribution in [1.82, 2.24) is 5.32 Å². The number of nitrogens with one attached hydrogen (secondary N) is 1. The fraction of sp³-hybridized carbons (Fsp3) is 0.412. The van der Waals surface area contributed by atoms with E-state index in [1.807, 2.05) is 72.7 Å². The minimum atomic E-state index is -0.872. The molecule has 0 aromatic heterocycles. The molecule has 3 rings (SSSR count). The zero-order valence-electron chi connectivity index (χ0n) is 26.1. The molecule has 0 spiro atoms. The smallest absolute Gasteiger partial charge is 0.315 e. The van der Waals surface area contributed by atoms with Gasteiger partial charge < -0.3 is 29.4 Å². The van der Waals surface area contributed by atoms with Gasteiger partial charge in [-0.2, -0.15) is 0 Å². The predicted octanol–water partition coefficient (Wildman–Crippen LogP) is 5.66. The number of ether oxygens (including phenoxy) is 4. The lowest BCUT2D eigenvalue weighted by atomic mass is 10.0. The van der Waals surface area contributed by atoms with Crippen molar-refractivity contribution in [2.45, 2.75) is 73.0 Å². The van der Waals surface area contributed by atoms with Gasteiger partial charge in [0.25, 0.3) is 0 Å². The molecule has 3 aromatic rings. The van der Waals surface area contributed by atoms with Crippen LogP contribution in [0.25, 0.3) is 0 Å². The molecule has 226 valence electrons. The fourth-order valence-corrected chi connectivity index (χ4v) is 4.56. The highest BCUT2D eigenvalue weighted by molar-refractivity contribution is 5.79. The highest BCUT2D eigenvalue weighted by atomic mass is 16.6. The summed E-state index contributed by atoms with van der Waals surface area (Å²) in [6.45, 7) is 13.9. The summed E-state index contributed by atoms with van der Waals surface area (Å²) in [7, 11) is 3.21. The Bertz CT molecular complexity index is 1440. The van der Waals surface area contributed by atoms with E-state index in [9.17, 15) is 14.7 Å². The second kappa shape index (κ2) is 13.9. The highest BCUT2D eigenvalue weighted by Gasteiger charge is 2.21. The molecule has 8 nitrogen and oxygen atoms in total. The van der Waals surface area contributed by atoms with Crippen LogP contribution in [0, 0.1) is 27.7 Å². The maximum absolute atomic E-state index is 13.1. The Hall–Kier alpha value is -3.88. The lowest BCUT2D eigenvalue weighted by molar-refractivity contribution is -0.136. The van der Waals surface area contributed by atoms with E-state index in [1.54, 1.807) is 32.4 Å². The SMILES string of the molecule is COc1cc(C)c(CC(=O)Oc2ccc(C(O)CNC(C)(C)C)cc2OC(=O)Cc2cc(C)c(OC)cc2C)cc1C. The van der Waals surface area contributed by atoms with Crippen LogP contribution in [0.5, 0.6) is 23.0 Å². The van der Waals surface area contributed by atoms with Gasteiger partial charge in [-0.25, -0.2) is 0 Å². The van der Waals surface area contributed by atoms with E-state index < -0.39 is 18.0 Å². The molecular weight excluding hydrogens is 534 g/mol. The first-order valence-corrected chi connectivity index (χ1v) is 14.0. The van der Waals surface area contributed by atoms with E-state index in [4.69, 9.17) is 18.9 Å². The van der Waals surface area contributed by atoms with Gasteiger partial charge in [0.05, 0.1) is 33.2 Å². The number of methoxy groups -OCH3 is 2. The van der Waals surface area contributed by atoms with E-state index in [0.717, 1.165) is 44.9 Å². The van der Waals surface area contributed by atoms with Gasteiger partial charge in [-0.05, 0) is 112 Å². The van der Waals surface area contributed by atoms with E-state index in [0.29, 0.717) is 5.56 Å². The van der Waals surface area contributed by atoms with Crippen molar-refractivity contribution in [3.63, 3.8) is 0 Å². The first-order valence-electron chi connectivity index (χ1n) is 14.0. The van der Waals surface area contributed by atoms with Crippen LogP contribution in [0.3, 0.4) is 0 Å². The van der Waals surface area contributed by atoms with Crippen LogP contribution < -0.4 is 24.3 Å². The van der Waals surface area contributed by atoms with E-state index in [2.05, 4.69) is 5.32 Å². The molecule has 0 aliphatic carbocycles. The highest BCUT2D eigenvalue weighted by Crippen LogP contribution is 2.32. The number of hydrogen-bond donors (Lipinski definition) is 2. The summed E-state index contributed by atoms with van der Waals surface area (Å²) in [4.78, 5) is 26.2. The van der Waals surface area contributed by atoms with Crippen LogP contribution in [-0.2, 0) is 22.4 Å². The van der Waals surface area contributed by atoms with Gasteiger partial charge in [0.15, 0.2) is 11.5 Å². The fourth-order valence-electron chi connectivity index (χ4n) is 4.56. The summed E-state index contributed by atoms with van der Waals surface area (Å²) in [6.07, 6.45) is -0.844. The van der Waals surface area contributed by atoms with Crippen LogP contribution >= 0.6 is 0 Å². The van der Waals surface area contributed by atoms with Crippen LogP contribution in [0.2, 0.25) is 0 Å². The average Bonchev–Trinajstić information content (AvgIpc) is 2.91. The van der Waals surface area contributed by atoms with Gasteiger partial charge in [0, 0.05) is 12.1 Å². The molecule has 0 heterocycles. The first kappa shape index (κ1) is 32.6. The number of esters is 2. The van der Waals surface area contributed by atoms with Gasteiger partial charge in [-0.3, -0.25) is 9.59 Å². The number of carbonyl (C=O) groups is 2. The summed E-state index contributed by atoms with van der Waals surface area (Å²) in [6, 6.07) is 12.3. The molecular formula is C34H43NO7. The van der Waals surface area contributed by atoms with Crippen molar-refractivity contribution in [3.05, 3.63) is 81.4 Å². The van der Waals surface area contributed by atoms with Crippen molar-refractivity contribution in [1.29, 1.82) is 0 Å². The maximum atomic E-state index is 13.1. The number of rotatable bonds is 11. The summed E-state index contributed by atoms with van der Waals surface area (Å²) in [5.74, 6) is 0.609. The van der Waals surface area contributed by atoms with Crippen molar-refractivity contribution >= 4 is 11.9 Å². The normalized spacial score (nSPS) is 12.0. The number of aliphatic hydroxyl groups is 1. The Morgan fingerprint density at radius 3 is 1.64 bits per heavy atom. The molecule has 8 heteroatoms. The third kappa shape index (κ3) is 8.81. The zero-order valence-corrected chi connectivity index (χ0v) is 26.1. The number of hydrogen-bond acceptors (Lipinski definition) is 8. The maximum Gasteiger partial charge on any atom is 0.315 e. The molecule has 1 atom stereocenters. The summed E-state index contributed by atoms with van der Waals surface area (Å²) >= 11 is 0. The number of β-amino-alcohol motifs (C(OH)–C–C–N with tert-alkyl or cyclic N) is 1. The van der Waals surface area contributed by atoms with Crippen LogP contribution in [0.4, 0.5) is 0 Å². The first-order chi connectivity index (χ1) is 19.7. The van der Waals surface area contributed by atoms with Gasteiger partial charge >= 0.3 is 11.9 Å². The van der Waals surface area contributed by atoms with Crippen molar-refractivity contribution in [2.24, 2.45) is 0 Å². The number of aryl methyl sites for hydroxylation is 4. The molecule has 2 N–H and O–H groups in total. The summed E-state index contributed by atoms with van der Waals surface area (Å²) < 4.78 is 22.2. The molecule has 3 aromatic carbocycles. The van der Waals surface area contributed by atoms with Crippen LogP contribution in [0.1, 0.15) is 65.8 Å². The number of carbonyl (C=O) groups excluding carboxylic acids is 2.